The lowest BCUT2D eigenvalue weighted by Crippen LogP contribution is -1.82. The van der Waals surface area contributed by atoms with Gasteiger partial charge in [0.25, 0.3) is 0 Å². The van der Waals surface area contributed by atoms with Gasteiger partial charge in [-0.2, -0.15) is 5.26 Å². The molecule has 3 aromatic rings. The fourth-order valence-corrected chi connectivity index (χ4v) is 3.69. The van der Waals surface area contributed by atoms with Crippen molar-refractivity contribution < 1.29 is 4.39 Å². The number of nitriles is 1. The second-order valence-corrected chi connectivity index (χ2v) is 6.68. The zero-order chi connectivity index (χ0) is 15.4. The van der Waals surface area contributed by atoms with Crippen LogP contribution in [0, 0.1) is 17.1 Å². The highest BCUT2D eigenvalue weighted by atomic mass is 32.2. The Labute approximate surface area is 136 Å². The number of rotatable bonds is 4. The van der Waals surface area contributed by atoms with Crippen molar-refractivity contribution in [3.05, 3.63) is 70.9 Å². The third-order valence-corrected chi connectivity index (χ3v) is 5.16. The number of thiazole rings is 1. The molecule has 3 rings (SSSR count). The predicted octanol–water partition coefficient (Wildman–Crippen LogP) is 5.11. The summed E-state index contributed by atoms with van der Waals surface area (Å²) in [6.45, 7) is 0. The van der Waals surface area contributed by atoms with E-state index >= 15 is 0 Å². The molecule has 0 radical (unpaired) electrons. The molecule has 0 fully saturated rings. The molecule has 0 atom stereocenters. The summed E-state index contributed by atoms with van der Waals surface area (Å²) in [4.78, 5) is 4.57. The molecule has 0 aliphatic rings. The first-order chi connectivity index (χ1) is 10.7. The van der Waals surface area contributed by atoms with Gasteiger partial charge in [-0.05, 0) is 42.0 Å². The standard InChI is InChI=1S/C17H11FN2S2/c18-15-7-5-14(6-8-15)16-11-22-17(20-16)21-10-13-3-1-12(9-19)2-4-13/h1-8,11H,10H2. The van der Waals surface area contributed by atoms with E-state index in [0.29, 0.717) is 5.56 Å². The van der Waals surface area contributed by atoms with Crippen molar-refractivity contribution in [2.24, 2.45) is 0 Å². The highest BCUT2D eigenvalue weighted by molar-refractivity contribution is 8.00. The molecular weight excluding hydrogens is 315 g/mol. The zero-order valence-electron chi connectivity index (χ0n) is 11.5. The van der Waals surface area contributed by atoms with E-state index in [0.717, 1.165) is 26.9 Å². The Morgan fingerprint density at radius 3 is 2.50 bits per heavy atom. The quantitative estimate of drug-likeness (QED) is 0.625. The lowest BCUT2D eigenvalue weighted by molar-refractivity contribution is 0.628. The minimum atomic E-state index is -0.241. The summed E-state index contributed by atoms with van der Waals surface area (Å²) in [5, 5.41) is 10.8. The first kappa shape index (κ1) is 14.8. The molecule has 0 spiro atoms. The largest absolute Gasteiger partial charge is 0.230 e. The molecule has 22 heavy (non-hydrogen) atoms. The maximum atomic E-state index is 12.9. The second kappa shape index (κ2) is 6.73. The van der Waals surface area contributed by atoms with Gasteiger partial charge in [-0.1, -0.05) is 23.9 Å². The average Bonchev–Trinajstić information content (AvgIpc) is 3.03. The Morgan fingerprint density at radius 2 is 1.82 bits per heavy atom. The van der Waals surface area contributed by atoms with Crippen molar-refractivity contribution in [2.75, 3.05) is 0 Å². The van der Waals surface area contributed by atoms with E-state index in [9.17, 15) is 4.39 Å². The normalized spacial score (nSPS) is 10.4. The van der Waals surface area contributed by atoms with E-state index in [4.69, 9.17) is 5.26 Å². The van der Waals surface area contributed by atoms with Gasteiger partial charge >= 0.3 is 0 Å². The Kier molecular flexibility index (Phi) is 4.52. The highest BCUT2D eigenvalue weighted by Crippen LogP contribution is 2.30. The molecule has 0 unspecified atom stereocenters. The van der Waals surface area contributed by atoms with Gasteiger partial charge in [0.1, 0.15) is 5.82 Å². The molecule has 2 nitrogen and oxygen atoms in total. The molecule has 0 amide bonds. The van der Waals surface area contributed by atoms with Crippen molar-refractivity contribution in [2.45, 2.75) is 10.1 Å². The van der Waals surface area contributed by atoms with Crippen LogP contribution < -0.4 is 0 Å². The Balaban J connectivity index is 1.66. The van der Waals surface area contributed by atoms with Gasteiger partial charge in [-0.3, -0.25) is 0 Å². The van der Waals surface area contributed by atoms with Crippen LogP contribution in [-0.4, -0.2) is 4.98 Å². The van der Waals surface area contributed by atoms with Gasteiger partial charge in [-0.25, -0.2) is 9.37 Å². The third kappa shape index (κ3) is 3.53. The van der Waals surface area contributed by atoms with Crippen LogP contribution >= 0.6 is 23.1 Å². The molecule has 1 heterocycles. The van der Waals surface area contributed by atoms with Crippen LogP contribution in [-0.2, 0) is 5.75 Å². The third-order valence-electron chi connectivity index (χ3n) is 3.07. The second-order valence-electron chi connectivity index (χ2n) is 4.60. The van der Waals surface area contributed by atoms with E-state index in [1.54, 1.807) is 35.2 Å². The van der Waals surface area contributed by atoms with Crippen molar-refractivity contribution in [1.29, 1.82) is 5.26 Å². The summed E-state index contributed by atoms with van der Waals surface area (Å²) in [5.74, 6) is 0.566. The zero-order valence-corrected chi connectivity index (χ0v) is 13.1. The van der Waals surface area contributed by atoms with Gasteiger partial charge in [0.05, 0.1) is 17.3 Å². The fourth-order valence-electron chi connectivity index (χ4n) is 1.90. The van der Waals surface area contributed by atoms with Gasteiger partial charge in [-0.15, -0.1) is 11.3 Å². The van der Waals surface area contributed by atoms with Crippen LogP contribution in [0.2, 0.25) is 0 Å². The lowest BCUT2D eigenvalue weighted by Gasteiger charge is -1.99. The van der Waals surface area contributed by atoms with Crippen molar-refractivity contribution in [3.8, 4) is 17.3 Å². The predicted molar refractivity (Wildman–Crippen MR) is 88.2 cm³/mol. The number of nitrogens with zero attached hydrogens (tertiary/aromatic N) is 2. The molecule has 0 saturated heterocycles. The number of benzene rings is 2. The van der Waals surface area contributed by atoms with E-state index in [1.807, 2.05) is 29.6 Å². The topological polar surface area (TPSA) is 36.7 Å². The SMILES string of the molecule is N#Cc1ccc(CSc2nc(-c3ccc(F)cc3)cs2)cc1. The average molecular weight is 326 g/mol. The summed E-state index contributed by atoms with van der Waals surface area (Å²) in [6.07, 6.45) is 0. The number of halogens is 1. The number of aromatic nitrogens is 1. The van der Waals surface area contributed by atoms with Crippen LogP contribution in [0.4, 0.5) is 4.39 Å². The Bertz CT molecular complexity index is 802. The van der Waals surface area contributed by atoms with Crippen molar-refractivity contribution in [3.63, 3.8) is 0 Å². The Morgan fingerprint density at radius 1 is 1.09 bits per heavy atom. The lowest BCUT2D eigenvalue weighted by atomic mass is 10.2. The Hall–Kier alpha value is -2.16. The van der Waals surface area contributed by atoms with Crippen molar-refractivity contribution >= 4 is 23.1 Å². The van der Waals surface area contributed by atoms with Gasteiger partial charge in [0.15, 0.2) is 4.34 Å². The van der Waals surface area contributed by atoms with E-state index in [1.165, 1.54) is 12.1 Å². The van der Waals surface area contributed by atoms with E-state index in [2.05, 4.69) is 11.1 Å². The van der Waals surface area contributed by atoms with Crippen LogP contribution in [0.5, 0.6) is 0 Å². The summed E-state index contributed by atoms with van der Waals surface area (Å²) in [5.41, 5.74) is 3.61. The number of thioether (sulfide) groups is 1. The van der Waals surface area contributed by atoms with Crippen LogP contribution in [0.15, 0.2) is 58.3 Å². The molecule has 0 aliphatic heterocycles. The summed E-state index contributed by atoms with van der Waals surface area (Å²) in [7, 11) is 0. The van der Waals surface area contributed by atoms with E-state index in [-0.39, 0.29) is 5.82 Å². The molecule has 0 bridgehead atoms. The molecule has 0 aliphatic carbocycles. The number of hydrogen-bond donors (Lipinski definition) is 0. The monoisotopic (exact) mass is 326 g/mol. The first-order valence-corrected chi connectivity index (χ1v) is 8.44. The molecule has 0 N–H and O–H groups in total. The molecule has 108 valence electrons. The van der Waals surface area contributed by atoms with Gasteiger partial charge < -0.3 is 0 Å². The van der Waals surface area contributed by atoms with Crippen molar-refractivity contribution in [1.82, 2.24) is 4.98 Å². The summed E-state index contributed by atoms with van der Waals surface area (Å²) in [6, 6.07) is 16.0. The minimum Gasteiger partial charge on any atom is -0.230 e. The maximum absolute atomic E-state index is 12.9. The molecule has 5 heteroatoms. The molecular formula is C17H11FN2S2. The fraction of sp³-hybridized carbons (Fsp3) is 0.0588. The van der Waals surface area contributed by atoms with E-state index < -0.39 is 0 Å². The maximum Gasteiger partial charge on any atom is 0.150 e. The number of hydrogen-bond acceptors (Lipinski definition) is 4. The van der Waals surface area contributed by atoms with Gasteiger partial charge in [0.2, 0.25) is 0 Å². The first-order valence-electron chi connectivity index (χ1n) is 6.58. The molecule has 1 aromatic heterocycles. The summed E-state index contributed by atoms with van der Waals surface area (Å²) >= 11 is 3.24. The van der Waals surface area contributed by atoms with Crippen LogP contribution in [0.25, 0.3) is 11.3 Å². The minimum absolute atomic E-state index is 0.241. The van der Waals surface area contributed by atoms with Crippen LogP contribution in [0.1, 0.15) is 11.1 Å². The molecule has 0 saturated carbocycles. The van der Waals surface area contributed by atoms with Crippen LogP contribution in [0.3, 0.4) is 0 Å². The molecule has 2 aromatic carbocycles. The van der Waals surface area contributed by atoms with Gasteiger partial charge in [0, 0.05) is 16.7 Å². The smallest absolute Gasteiger partial charge is 0.150 e. The highest BCUT2D eigenvalue weighted by Gasteiger charge is 2.06. The summed E-state index contributed by atoms with van der Waals surface area (Å²) < 4.78 is 13.9.